The van der Waals surface area contributed by atoms with Gasteiger partial charge in [-0.3, -0.25) is 9.59 Å². The number of rotatable bonds is 9. The minimum Gasteiger partial charge on any atom is -0.465 e. The summed E-state index contributed by atoms with van der Waals surface area (Å²) in [5.41, 5.74) is 0.814. The SMILES string of the molecule is CC(C)C1CCC2C(CCC3C(C)(COC(=O)CCC(=O)OC[C@@]4(C)CCC[C@@]5(C)C6CCC(C(C)C)CC6CCC45)CCCC23C)C1. The number of carbonyl (C=O) groups excluding carboxylic acids is 2. The van der Waals surface area contributed by atoms with Gasteiger partial charge in [0.25, 0.3) is 0 Å². The molecule has 48 heavy (non-hydrogen) atoms. The molecule has 6 aliphatic rings. The van der Waals surface area contributed by atoms with Crippen LogP contribution in [-0.2, 0) is 19.1 Å². The number of carbonyl (C=O) groups is 2. The van der Waals surface area contributed by atoms with Gasteiger partial charge in [-0.05, 0) is 160 Å². The Morgan fingerprint density at radius 3 is 1.33 bits per heavy atom. The van der Waals surface area contributed by atoms with Crippen molar-refractivity contribution >= 4 is 11.9 Å². The van der Waals surface area contributed by atoms with Crippen LogP contribution in [0.15, 0.2) is 0 Å². The van der Waals surface area contributed by atoms with Gasteiger partial charge in [0.2, 0.25) is 0 Å². The largest absolute Gasteiger partial charge is 0.465 e. The second kappa shape index (κ2) is 14.2. The van der Waals surface area contributed by atoms with Crippen LogP contribution in [0.1, 0.15) is 171 Å². The van der Waals surface area contributed by atoms with Crippen LogP contribution in [0.5, 0.6) is 0 Å². The van der Waals surface area contributed by atoms with Crippen molar-refractivity contribution in [3.05, 3.63) is 0 Å². The minimum absolute atomic E-state index is 0.0400. The van der Waals surface area contributed by atoms with Gasteiger partial charge in [0.15, 0.2) is 0 Å². The van der Waals surface area contributed by atoms with Crippen LogP contribution in [0.3, 0.4) is 0 Å². The lowest BCUT2D eigenvalue weighted by atomic mass is 9.44. The Labute approximate surface area is 295 Å². The van der Waals surface area contributed by atoms with Crippen LogP contribution in [0.4, 0.5) is 0 Å². The van der Waals surface area contributed by atoms with Crippen molar-refractivity contribution in [2.75, 3.05) is 13.2 Å². The van der Waals surface area contributed by atoms with E-state index in [4.69, 9.17) is 9.47 Å². The van der Waals surface area contributed by atoms with Gasteiger partial charge in [-0.15, -0.1) is 0 Å². The molecular formula is C44H74O4. The zero-order valence-electron chi connectivity index (χ0n) is 32.5. The Hall–Kier alpha value is -1.06. The molecule has 0 aromatic heterocycles. The molecule has 0 N–H and O–H groups in total. The molecule has 274 valence electrons. The first-order valence-corrected chi connectivity index (χ1v) is 21.0. The number of hydrogen-bond acceptors (Lipinski definition) is 4. The average Bonchev–Trinajstić information content (AvgIpc) is 3.05. The van der Waals surface area contributed by atoms with E-state index in [0.29, 0.717) is 35.9 Å². The molecule has 6 aliphatic carbocycles. The van der Waals surface area contributed by atoms with E-state index in [9.17, 15) is 9.59 Å². The van der Waals surface area contributed by atoms with Crippen LogP contribution in [0.2, 0.25) is 0 Å². The molecule has 0 amide bonds. The molecule has 6 fully saturated rings. The van der Waals surface area contributed by atoms with Crippen LogP contribution >= 0.6 is 0 Å². The average molecular weight is 667 g/mol. The molecule has 0 radical (unpaired) electrons. The molecule has 4 nitrogen and oxygen atoms in total. The van der Waals surface area contributed by atoms with Crippen molar-refractivity contribution in [1.82, 2.24) is 0 Å². The van der Waals surface area contributed by atoms with Gasteiger partial charge in [-0.2, -0.15) is 0 Å². The first kappa shape index (κ1) is 36.7. The summed E-state index contributed by atoms with van der Waals surface area (Å²) >= 11 is 0. The topological polar surface area (TPSA) is 52.6 Å². The molecular weight excluding hydrogens is 592 g/mol. The molecule has 12 atom stereocenters. The lowest BCUT2D eigenvalue weighted by Crippen LogP contribution is -2.55. The van der Waals surface area contributed by atoms with Gasteiger partial charge in [0, 0.05) is 10.8 Å². The third-order valence-electron chi connectivity index (χ3n) is 17.1. The predicted molar refractivity (Wildman–Crippen MR) is 195 cm³/mol. The normalized spacial score (nSPS) is 45.8. The molecule has 6 rings (SSSR count). The second-order valence-electron chi connectivity index (χ2n) is 20.5. The van der Waals surface area contributed by atoms with Crippen LogP contribution in [0.25, 0.3) is 0 Å². The standard InChI is InChI=1S/C44H74O4/c1-29(2)31-11-15-35-33(25-31)13-17-37-41(5,21-9-23-43(35,37)7)27-47-39(45)19-20-40(46)48-28-42(6)22-10-24-44(8)36-16-12-32(30(3)4)26-34(36)14-18-38(42)44/h29-38H,9-28H2,1-8H3/t31?,32?,33?,34?,35?,36?,37?,38?,41-,42?,43+,44?/m1/s1. The summed E-state index contributed by atoms with van der Waals surface area (Å²) < 4.78 is 12.1. The van der Waals surface area contributed by atoms with Gasteiger partial charge in [-0.25, -0.2) is 0 Å². The molecule has 0 spiro atoms. The number of esters is 2. The summed E-state index contributed by atoms with van der Waals surface area (Å²) in [6.07, 6.45) is 21.4. The van der Waals surface area contributed by atoms with Crippen molar-refractivity contribution in [3.63, 3.8) is 0 Å². The third kappa shape index (κ3) is 6.92. The highest BCUT2D eigenvalue weighted by atomic mass is 16.5. The predicted octanol–water partition coefficient (Wildman–Crippen LogP) is 11.4. The Kier molecular flexibility index (Phi) is 10.8. The highest BCUT2D eigenvalue weighted by Crippen LogP contribution is 2.66. The van der Waals surface area contributed by atoms with Gasteiger partial charge in [-0.1, -0.05) is 68.2 Å². The molecule has 0 aromatic carbocycles. The van der Waals surface area contributed by atoms with Crippen molar-refractivity contribution in [2.24, 2.45) is 80.8 Å². The minimum atomic E-state index is -0.224. The number of hydrogen-bond donors (Lipinski definition) is 0. The lowest BCUT2D eigenvalue weighted by molar-refractivity contribution is -0.168. The number of ether oxygens (including phenoxy) is 2. The van der Waals surface area contributed by atoms with Crippen molar-refractivity contribution in [3.8, 4) is 0 Å². The van der Waals surface area contributed by atoms with E-state index >= 15 is 0 Å². The van der Waals surface area contributed by atoms with E-state index in [0.717, 1.165) is 60.2 Å². The Bertz CT molecular complexity index is 1060. The summed E-state index contributed by atoms with van der Waals surface area (Å²) in [6, 6.07) is 0. The van der Waals surface area contributed by atoms with Gasteiger partial charge < -0.3 is 9.47 Å². The summed E-state index contributed by atoms with van der Waals surface area (Å²) in [5.74, 6) is 7.61. The number of fused-ring (bicyclic) bond motifs is 6. The molecule has 0 aliphatic heterocycles. The maximum atomic E-state index is 13.1. The van der Waals surface area contributed by atoms with E-state index in [1.54, 1.807) is 0 Å². The quantitative estimate of drug-likeness (QED) is 0.230. The molecule has 0 heterocycles. The lowest BCUT2D eigenvalue weighted by Gasteiger charge is -2.61. The smallest absolute Gasteiger partial charge is 0.306 e. The van der Waals surface area contributed by atoms with Crippen molar-refractivity contribution in [1.29, 1.82) is 0 Å². The first-order valence-electron chi connectivity index (χ1n) is 21.0. The van der Waals surface area contributed by atoms with Crippen LogP contribution < -0.4 is 0 Å². The van der Waals surface area contributed by atoms with Crippen molar-refractivity contribution < 1.29 is 19.1 Å². The highest BCUT2D eigenvalue weighted by molar-refractivity contribution is 5.77. The zero-order chi connectivity index (χ0) is 34.5. The van der Waals surface area contributed by atoms with E-state index in [1.165, 1.54) is 89.9 Å². The molecule has 4 heteroatoms. The second-order valence-corrected chi connectivity index (χ2v) is 20.5. The zero-order valence-corrected chi connectivity index (χ0v) is 32.5. The van der Waals surface area contributed by atoms with Crippen molar-refractivity contribution in [2.45, 2.75) is 171 Å². The Morgan fingerprint density at radius 2 is 0.958 bits per heavy atom. The Morgan fingerprint density at radius 1 is 0.562 bits per heavy atom. The van der Waals surface area contributed by atoms with Crippen LogP contribution in [-0.4, -0.2) is 25.2 Å². The molecule has 10 unspecified atom stereocenters. The van der Waals surface area contributed by atoms with E-state index < -0.39 is 0 Å². The maximum absolute atomic E-state index is 13.1. The third-order valence-corrected chi connectivity index (χ3v) is 17.1. The Balaban J connectivity index is 0.975. The fourth-order valence-electron chi connectivity index (χ4n) is 14.4. The summed E-state index contributed by atoms with van der Waals surface area (Å²) in [6.45, 7) is 20.7. The fourth-order valence-corrected chi connectivity index (χ4v) is 14.4. The summed E-state index contributed by atoms with van der Waals surface area (Å²) in [4.78, 5) is 26.1. The molecule has 0 saturated heterocycles. The van der Waals surface area contributed by atoms with E-state index in [2.05, 4.69) is 55.4 Å². The monoisotopic (exact) mass is 667 g/mol. The van der Waals surface area contributed by atoms with Gasteiger partial charge in [0.1, 0.15) is 0 Å². The molecule has 6 saturated carbocycles. The maximum Gasteiger partial charge on any atom is 0.306 e. The summed E-state index contributed by atoms with van der Waals surface area (Å²) in [7, 11) is 0. The highest BCUT2D eigenvalue weighted by Gasteiger charge is 2.58. The summed E-state index contributed by atoms with van der Waals surface area (Å²) in [5, 5.41) is 0. The van der Waals surface area contributed by atoms with Gasteiger partial charge in [0.05, 0.1) is 26.1 Å². The molecule has 0 bridgehead atoms. The molecule has 0 aromatic rings. The van der Waals surface area contributed by atoms with E-state index in [-0.39, 0.29) is 35.6 Å². The first-order chi connectivity index (χ1) is 22.7. The van der Waals surface area contributed by atoms with Gasteiger partial charge >= 0.3 is 11.9 Å². The van der Waals surface area contributed by atoms with Crippen LogP contribution in [0, 0.1) is 80.8 Å². The van der Waals surface area contributed by atoms with E-state index in [1.807, 2.05) is 0 Å². The fraction of sp³-hybridized carbons (Fsp3) is 0.955.